The lowest BCUT2D eigenvalue weighted by atomic mass is 9.78. The first-order valence-electron chi connectivity index (χ1n) is 11.6. The van der Waals surface area contributed by atoms with Gasteiger partial charge in [0.1, 0.15) is 5.52 Å². The molecule has 170 valence electrons. The number of hydrogen-bond acceptors (Lipinski definition) is 4. The summed E-state index contributed by atoms with van der Waals surface area (Å²) in [6.45, 7) is 7.35. The number of aliphatic hydroxyl groups is 1. The van der Waals surface area contributed by atoms with E-state index in [0.717, 1.165) is 44.0 Å². The van der Waals surface area contributed by atoms with Gasteiger partial charge in [-0.15, -0.1) is 0 Å². The lowest BCUT2D eigenvalue weighted by molar-refractivity contribution is -0.0893. The molecule has 1 heterocycles. The van der Waals surface area contributed by atoms with Gasteiger partial charge in [0, 0.05) is 10.9 Å². The zero-order valence-electron chi connectivity index (χ0n) is 20.0. The first kappa shape index (κ1) is 22.4. The van der Waals surface area contributed by atoms with Crippen LogP contribution in [0.25, 0.3) is 44.5 Å². The Morgan fingerprint density at radius 3 is 2.32 bits per heavy atom. The highest BCUT2D eigenvalue weighted by atomic mass is 16.5. The molecule has 5 aromatic rings. The highest BCUT2D eigenvalue weighted by molar-refractivity contribution is 6.49. The molecule has 0 atom stereocenters. The number of rotatable bonds is 6. The fourth-order valence-electron chi connectivity index (χ4n) is 3.97. The van der Waals surface area contributed by atoms with Gasteiger partial charge in [-0.25, -0.2) is 4.98 Å². The fraction of sp³-hybridized carbons (Fsp3) is 0.207. The van der Waals surface area contributed by atoms with Crippen molar-refractivity contribution in [2.75, 3.05) is 0 Å². The predicted octanol–water partition coefficient (Wildman–Crippen LogP) is 5.86. The van der Waals surface area contributed by atoms with E-state index in [2.05, 4.69) is 42.5 Å². The molecule has 1 N–H and O–H groups in total. The normalized spacial score (nSPS) is 12.4. The third kappa shape index (κ3) is 4.13. The van der Waals surface area contributed by atoms with Crippen LogP contribution in [0.2, 0.25) is 0 Å². The van der Waals surface area contributed by atoms with Gasteiger partial charge in [0.05, 0.1) is 11.2 Å². The number of hydrogen-bond donors (Lipinski definition) is 1. The van der Waals surface area contributed by atoms with Crippen LogP contribution in [-0.4, -0.2) is 28.8 Å². The summed E-state index contributed by atoms with van der Waals surface area (Å²) >= 11 is 0. The van der Waals surface area contributed by atoms with Crippen molar-refractivity contribution >= 4 is 34.8 Å². The van der Waals surface area contributed by atoms with Crippen molar-refractivity contribution in [2.24, 2.45) is 0 Å². The Labute approximate surface area is 200 Å². The van der Waals surface area contributed by atoms with Crippen LogP contribution >= 0.6 is 0 Å². The second-order valence-corrected chi connectivity index (χ2v) is 9.75. The lowest BCUT2D eigenvalue weighted by Gasteiger charge is -2.37. The van der Waals surface area contributed by atoms with Crippen LogP contribution in [0.4, 0.5) is 0 Å². The topological polar surface area (TPSA) is 55.5 Å². The second kappa shape index (κ2) is 8.42. The van der Waals surface area contributed by atoms with E-state index in [0.29, 0.717) is 13.4 Å². The molecule has 0 saturated carbocycles. The van der Waals surface area contributed by atoms with E-state index < -0.39 is 11.2 Å². The highest BCUT2D eigenvalue weighted by Gasteiger charge is 2.36. The Hall–Kier alpha value is -3.41. The summed E-state index contributed by atoms with van der Waals surface area (Å²) in [6.07, 6.45) is 0. The summed E-state index contributed by atoms with van der Waals surface area (Å²) in [7, 11) is 0.345. The van der Waals surface area contributed by atoms with E-state index >= 15 is 0 Å². The van der Waals surface area contributed by atoms with Crippen LogP contribution in [-0.2, 0) is 4.65 Å². The second-order valence-electron chi connectivity index (χ2n) is 9.75. The summed E-state index contributed by atoms with van der Waals surface area (Å²) in [5.41, 5.74) is 4.00. The molecule has 0 saturated heterocycles. The van der Waals surface area contributed by atoms with Gasteiger partial charge in [0.15, 0.2) is 5.58 Å². The minimum absolute atomic E-state index is 0.345. The average Bonchev–Trinajstić information content (AvgIpc) is 3.27. The van der Waals surface area contributed by atoms with Crippen LogP contribution in [0.15, 0.2) is 89.3 Å². The Balaban J connectivity index is 1.59. The fourth-order valence-corrected chi connectivity index (χ4v) is 3.97. The molecule has 4 nitrogen and oxygen atoms in total. The molecule has 0 fully saturated rings. The third-order valence-electron chi connectivity index (χ3n) is 6.78. The van der Waals surface area contributed by atoms with Crippen LogP contribution in [0.5, 0.6) is 0 Å². The monoisotopic (exact) mass is 449 g/mol. The number of aromatic nitrogens is 1. The highest BCUT2D eigenvalue weighted by Crippen LogP contribution is 2.31. The van der Waals surface area contributed by atoms with Gasteiger partial charge in [-0.2, -0.15) is 0 Å². The van der Waals surface area contributed by atoms with Crippen LogP contribution in [0.3, 0.4) is 0 Å². The molecule has 0 radical (unpaired) electrons. The van der Waals surface area contributed by atoms with Gasteiger partial charge < -0.3 is 14.2 Å². The molecule has 0 aliphatic heterocycles. The molecule has 0 bridgehead atoms. The van der Waals surface area contributed by atoms with Crippen LogP contribution in [0, 0.1) is 0 Å². The molecular formula is C29H28BNO3. The van der Waals surface area contributed by atoms with E-state index in [1.54, 1.807) is 13.8 Å². The van der Waals surface area contributed by atoms with E-state index in [1.165, 1.54) is 0 Å². The van der Waals surface area contributed by atoms with Crippen LogP contribution < -0.4 is 5.46 Å². The van der Waals surface area contributed by atoms with Gasteiger partial charge in [-0.3, -0.25) is 0 Å². The van der Waals surface area contributed by atoms with E-state index in [-0.39, 0.29) is 0 Å². The number of fused-ring (bicyclic) bond motifs is 3. The van der Waals surface area contributed by atoms with Crippen molar-refractivity contribution in [3.63, 3.8) is 0 Å². The summed E-state index contributed by atoms with van der Waals surface area (Å²) in [5, 5.41) is 12.8. The molecule has 0 aliphatic carbocycles. The molecule has 0 spiro atoms. The molecule has 0 amide bonds. The predicted molar refractivity (Wildman–Crippen MR) is 141 cm³/mol. The summed E-state index contributed by atoms with van der Waals surface area (Å²) in [6, 6.07) is 28.7. The average molecular weight is 449 g/mol. The zero-order valence-corrected chi connectivity index (χ0v) is 20.0. The van der Waals surface area contributed by atoms with Crippen molar-refractivity contribution in [1.82, 2.24) is 4.98 Å². The van der Waals surface area contributed by atoms with Gasteiger partial charge in [-0.1, -0.05) is 72.8 Å². The Kier molecular flexibility index (Phi) is 5.55. The molecule has 0 aliphatic rings. The summed E-state index contributed by atoms with van der Waals surface area (Å²) in [4.78, 5) is 4.86. The SMILES string of the molecule is CC(C)(O)C(C)(C)OBc1cc(-c2nc3c(ccc4ccccc43)o2)ccc1-c1ccccc1. The number of nitrogens with zero attached hydrogens (tertiary/aromatic N) is 1. The van der Waals surface area contributed by atoms with Crippen LogP contribution in [0.1, 0.15) is 27.7 Å². The van der Waals surface area contributed by atoms with E-state index in [9.17, 15) is 5.11 Å². The maximum Gasteiger partial charge on any atom is 0.310 e. The third-order valence-corrected chi connectivity index (χ3v) is 6.78. The quantitative estimate of drug-likeness (QED) is 0.330. The largest absolute Gasteiger partial charge is 0.436 e. The maximum atomic E-state index is 10.6. The smallest absolute Gasteiger partial charge is 0.310 e. The lowest BCUT2D eigenvalue weighted by Crippen LogP contribution is -2.49. The van der Waals surface area contributed by atoms with Crippen molar-refractivity contribution in [1.29, 1.82) is 0 Å². The molecule has 5 rings (SSSR count). The van der Waals surface area contributed by atoms with Crippen molar-refractivity contribution in [2.45, 2.75) is 38.9 Å². The Morgan fingerprint density at radius 1 is 0.824 bits per heavy atom. The maximum absolute atomic E-state index is 10.6. The summed E-state index contributed by atoms with van der Waals surface area (Å²) < 4.78 is 12.4. The van der Waals surface area contributed by atoms with Gasteiger partial charge in [-0.05, 0) is 61.8 Å². The molecule has 34 heavy (non-hydrogen) atoms. The number of benzene rings is 4. The minimum atomic E-state index is -0.987. The molecule has 0 unspecified atom stereocenters. The zero-order chi connectivity index (χ0) is 23.9. The summed E-state index contributed by atoms with van der Waals surface area (Å²) in [5.74, 6) is 0.578. The van der Waals surface area contributed by atoms with Gasteiger partial charge in [0.2, 0.25) is 5.89 Å². The van der Waals surface area contributed by atoms with E-state index in [4.69, 9.17) is 14.1 Å². The van der Waals surface area contributed by atoms with E-state index in [1.807, 2.05) is 56.3 Å². The van der Waals surface area contributed by atoms with Gasteiger partial charge in [0.25, 0.3) is 0 Å². The van der Waals surface area contributed by atoms with Crippen molar-refractivity contribution < 1.29 is 14.2 Å². The molecule has 1 aromatic heterocycles. The molecule has 5 heteroatoms. The molecular weight excluding hydrogens is 421 g/mol. The Bertz CT molecular complexity index is 1470. The molecule has 4 aromatic carbocycles. The van der Waals surface area contributed by atoms with Crippen molar-refractivity contribution in [3.05, 3.63) is 84.9 Å². The first-order chi connectivity index (χ1) is 16.2. The van der Waals surface area contributed by atoms with Gasteiger partial charge >= 0.3 is 7.48 Å². The van der Waals surface area contributed by atoms with Crippen molar-refractivity contribution in [3.8, 4) is 22.6 Å². The number of oxazole rings is 1. The minimum Gasteiger partial charge on any atom is -0.436 e. The Morgan fingerprint density at radius 2 is 1.56 bits per heavy atom. The standard InChI is InChI=1S/C29H28BNO3/c1-28(2,32)29(3,4)34-30-24-18-21(14-16-22(24)19-10-6-5-7-11-19)27-31-26-23-13-9-8-12-20(23)15-17-25(26)33-27/h5-18,30,32H,1-4H3. The first-order valence-corrected chi connectivity index (χ1v) is 11.6.